The van der Waals surface area contributed by atoms with E-state index in [1.165, 1.54) is 12.1 Å². The van der Waals surface area contributed by atoms with Crippen LogP contribution in [0.2, 0.25) is 0 Å². The fraction of sp³-hybridized carbons (Fsp3) is 0.174. The Balaban J connectivity index is 1.28. The number of pyridine rings is 1. The average molecular weight is 433 g/mol. The average Bonchev–Trinajstić information content (AvgIpc) is 2.84. The van der Waals surface area contributed by atoms with Gasteiger partial charge in [0.15, 0.2) is 23.0 Å². The molecule has 9 heteroatoms. The molecule has 1 aromatic heterocycles. The van der Waals surface area contributed by atoms with Gasteiger partial charge in [-0.05, 0) is 36.4 Å². The van der Waals surface area contributed by atoms with Crippen LogP contribution in [0.3, 0.4) is 0 Å². The van der Waals surface area contributed by atoms with Crippen molar-refractivity contribution in [3.05, 3.63) is 66.0 Å². The van der Waals surface area contributed by atoms with Crippen LogP contribution in [0.15, 0.2) is 54.6 Å². The number of carbonyl (C=O) groups is 2. The lowest BCUT2D eigenvalue weighted by atomic mass is 10.2. The number of fused-ring (bicyclic) bond motifs is 2. The highest BCUT2D eigenvalue weighted by Gasteiger charge is 2.17. The van der Waals surface area contributed by atoms with E-state index in [-0.39, 0.29) is 11.4 Å². The SMILES string of the molecule is O=C(Nc1ccc2c(c1)OCCO2)c1cccc(C(=O)Nc2ccc3c(c2)OCCO3)n1. The Morgan fingerprint density at radius 1 is 0.625 bits per heavy atom. The van der Waals surface area contributed by atoms with Crippen LogP contribution < -0.4 is 29.6 Å². The van der Waals surface area contributed by atoms with Gasteiger partial charge in [-0.25, -0.2) is 4.98 Å². The largest absolute Gasteiger partial charge is 0.486 e. The molecule has 0 fully saturated rings. The van der Waals surface area contributed by atoms with Crippen molar-refractivity contribution >= 4 is 23.2 Å². The summed E-state index contributed by atoms with van der Waals surface area (Å²) in [6.45, 7) is 1.88. The first-order valence-electron chi connectivity index (χ1n) is 10.0. The van der Waals surface area contributed by atoms with Gasteiger partial charge in [0.2, 0.25) is 0 Å². The number of anilines is 2. The summed E-state index contributed by atoms with van der Waals surface area (Å²) in [6.07, 6.45) is 0. The summed E-state index contributed by atoms with van der Waals surface area (Å²) < 4.78 is 22.0. The van der Waals surface area contributed by atoms with Gasteiger partial charge in [-0.15, -0.1) is 0 Å². The molecule has 32 heavy (non-hydrogen) atoms. The molecule has 0 saturated heterocycles. The second-order valence-corrected chi connectivity index (χ2v) is 7.03. The van der Waals surface area contributed by atoms with Crippen LogP contribution in [0, 0.1) is 0 Å². The minimum Gasteiger partial charge on any atom is -0.486 e. The number of carbonyl (C=O) groups excluding carboxylic acids is 2. The van der Waals surface area contributed by atoms with E-state index in [0.29, 0.717) is 60.8 Å². The number of rotatable bonds is 4. The summed E-state index contributed by atoms with van der Waals surface area (Å²) in [7, 11) is 0. The number of aromatic nitrogens is 1. The van der Waals surface area contributed by atoms with Gasteiger partial charge in [0.25, 0.3) is 11.8 Å². The van der Waals surface area contributed by atoms with E-state index in [4.69, 9.17) is 18.9 Å². The van der Waals surface area contributed by atoms with E-state index in [1.807, 2.05) is 0 Å². The van der Waals surface area contributed by atoms with Crippen LogP contribution in [0.25, 0.3) is 0 Å². The zero-order valence-electron chi connectivity index (χ0n) is 16.9. The van der Waals surface area contributed by atoms with Gasteiger partial charge in [-0.1, -0.05) is 6.07 Å². The lowest BCUT2D eigenvalue weighted by molar-refractivity contribution is 0.101. The first kappa shape index (κ1) is 19.7. The van der Waals surface area contributed by atoms with Crippen LogP contribution >= 0.6 is 0 Å². The second kappa shape index (κ2) is 8.46. The van der Waals surface area contributed by atoms with E-state index >= 15 is 0 Å². The molecule has 2 aliphatic rings. The molecule has 2 N–H and O–H groups in total. The summed E-state index contributed by atoms with van der Waals surface area (Å²) in [5, 5.41) is 5.52. The molecule has 0 radical (unpaired) electrons. The molecule has 0 unspecified atom stereocenters. The van der Waals surface area contributed by atoms with Gasteiger partial charge in [0.1, 0.15) is 37.8 Å². The van der Waals surface area contributed by atoms with E-state index in [0.717, 1.165) is 0 Å². The molecule has 0 bridgehead atoms. The predicted molar refractivity (Wildman–Crippen MR) is 115 cm³/mol. The van der Waals surface area contributed by atoms with Crippen molar-refractivity contribution in [1.29, 1.82) is 0 Å². The topological polar surface area (TPSA) is 108 Å². The zero-order chi connectivity index (χ0) is 21.9. The molecule has 0 aliphatic carbocycles. The maximum atomic E-state index is 12.7. The molecule has 0 saturated carbocycles. The Bertz CT molecular complexity index is 1110. The first-order valence-corrected chi connectivity index (χ1v) is 10.0. The molecule has 5 rings (SSSR count). The molecule has 9 nitrogen and oxygen atoms in total. The summed E-state index contributed by atoms with van der Waals surface area (Å²) in [5.41, 5.74) is 1.28. The summed E-state index contributed by atoms with van der Waals surface area (Å²) in [4.78, 5) is 29.5. The van der Waals surface area contributed by atoms with E-state index in [9.17, 15) is 9.59 Å². The molecule has 3 aromatic rings. The van der Waals surface area contributed by atoms with Gasteiger partial charge in [0.05, 0.1) is 0 Å². The Labute approximate surface area is 183 Å². The Morgan fingerprint density at radius 2 is 1.06 bits per heavy atom. The van der Waals surface area contributed by atoms with Gasteiger partial charge >= 0.3 is 0 Å². The van der Waals surface area contributed by atoms with Crippen LogP contribution in [-0.4, -0.2) is 43.2 Å². The smallest absolute Gasteiger partial charge is 0.274 e. The second-order valence-electron chi connectivity index (χ2n) is 7.03. The van der Waals surface area contributed by atoms with Crippen LogP contribution in [0.5, 0.6) is 23.0 Å². The number of amides is 2. The third kappa shape index (κ3) is 4.13. The third-order valence-electron chi connectivity index (χ3n) is 4.81. The first-order chi connectivity index (χ1) is 15.7. The fourth-order valence-corrected chi connectivity index (χ4v) is 3.32. The normalized spacial score (nSPS) is 13.8. The fourth-order valence-electron chi connectivity index (χ4n) is 3.32. The van der Waals surface area contributed by atoms with Crippen molar-refractivity contribution in [3.8, 4) is 23.0 Å². The molecule has 0 atom stereocenters. The highest BCUT2D eigenvalue weighted by Crippen LogP contribution is 2.33. The lowest BCUT2D eigenvalue weighted by Gasteiger charge is -2.19. The number of nitrogens with zero attached hydrogens (tertiary/aromatic N) is 1. The Hall–Kier alpha value is -4.27. The van der Waals surface area contributed by atoms with Crippen molar-refractivity contribution in [2.45, 2.75) is 0 Å². The van der Waals surface area contributed by atoms with Crippen molar-refractivity contribution in [2.24, 2.45) is 0 Å². The van der Waals surface area contributed by atoms with Crippen molar-refractivity contribution in [2.75, 3.05) is 37.1 Å². The zero-order valence-corrected chi connectivity index (χ0v) is 16.9. The maximum Gasteiger partial charge on any atom is 0.274 e. The third-order valence-corrected chi connectivity index (χ3v) is 4.81. The summed E-state index contributed by atoms with van der Waals surface area (Å²) >= 11 is 0. The molecule has 0 spiro atoms. The van der Waals surface area contributed by atoms with Crippen molar-refractivity contribution in [3.63, 3.8) is 0 Å². The minimum atomic E-state index is -0.448. The van der Waals surface area contributed by atoms with E-state index in [2.05, 4.69) is 15.6 Å². The van der Waals surface area contributed by atoms with Crippen LogP contribution in [-0.2, 0) is 0 Å². The molecule has 2 amide bonds. The van der Waals surface area contributed by atoms with Gasteiger partial charge in [-0.3, -0.25) is 9.59 Å². The Morgan fingerprint density at radius 3 is 1.53 bits per heavy atom. The minimum absolute atomic E-state index is 0.106. The molecule has 162 valence electrons. The van der Waals surface area contributed by atoms with Gasteiger partial charge in [0, 0.05) is 23.5 Å². The van der Waals surface area contributed by atoms with Crippen molar-refractivity contribution < 1.29 is 28.5 Å². The number of hydrogen-bond donors (Lipinski definition) is 2. The number of ether oxygens (including phenoxy) is 4. The van der Waals surface area contributed by atoms with Gasteiger partial charge in [-0.2, -0.15) is 0 Å². The highest BCUT2D eigenvalue weighted by molar-refractivity contribution is 6.06. The van der Waals surface area contributed by atoms with Crippen LogP contribution in [0.1, 0.15) is 21.0 Å². The van der Waals surface area contributed by atoms with Gasteiger partial charge < -0.3 is 29.6 Å². The molecular weight excluding hydrogens is 414 g/mol. The van der Waals surface area contributed by atoms with Crippen LogP contribution in [0.4, 0.5) is 11.4 Å². The van der Waals surface area contributed by atoms with E-state index < -0.39 is 11.8 Å². The summed E-state index contributed by atoms with van der Waals surface area (Å²) in [5.74, 6) is 1.49. The molecule has 2 aromatic carbocycles. The molecular formula is C23H19N3O6. The monoisotopic (exact) mass is 433 g/mol. The Kier molecular flexibility index (Phi) is 5.20. The molecule has 2 aliphatic heterocycles. The number of nitrogens with one attached hydrogen (secondary N) is 2. The molecule has 3 heterocycles. The summed E-state index contributed by atoms with van der Waals surface area (Å²) in [6, 6.07) is 14.9. The number of hydrogen-bond acceptors (Lipinski definition) is 7. The maximum absolute atomic E-state index is 12.7. The predicted octanol–water partition coefficient (Wildman–Crippen LogP) is 3.13. The highest BCUT2D eigenvalue weighted by atomic mass is 16.6. The number of benzene rings is 2. The van der Waals surface area contributed by atoms with E-state index in [1.54, 1.807) is 42.5 Å². The lowest BCUT2D eigenvalue weighted by Crippen LogP contribution is -2.19. The quantitative estimate of drug-likeness (QED) is 0.651. The standard InChI is InChI=1S/C23H19N3O6/c27-22(24-14-4-6-18-20(12-14)31-10-8-29-18)16-2-1-3-17(26-16)23(28)25-15-5-7-19-21(13-15)32-11-9-30-19/h1-7,12-13H,8-11H2,(H,24,27)(H,25,28). The van der Waals surface area contributed by atoms with Crippen molar-refractivity contribution in [1.82, 2.24) is 4.98 Å².